The fourth-order valence-corrected chi connectivity index (χ4v) is 3.91. The standard InChI is InChI=1S/C18H22N2O3/c21-17(14-5-1-2-6-14)20-9-15-10-22-12-18(15,11-20)13-23-16-7-3-4-8-19-16/h3-5,7-8,15H,1-2,6,9-13H2/t15-,18+/m1/s1. The quantitative estimate of drug-likeness (QED) is 0.853. The van der Waals surface area contributed by atoms with Crippen LogP contribution in [0.15, 0.2) is 36.0 Å². The summed E-state index contributed by atoms with van der Waals surface area (Å²) in [6.45, 7) is 3.43. The Kier molecular flexibility index (Phi) is 3.81. The molecule has 122 valence electrons. The maximum absolute atomic E-state index is 12.7. The number of rotatable bonds is 4. The van der Waals surface area contributed by atoms with Crippen molar-refractivity contribution in [1.82, 2.24) is 9.88 Å². The second kappa shape index (κ2) is 5.96. The number of hydrogen-bond donors (Lipinski definition) is 0. The zero-order valence-corrected chi connectivity index (χ0v) is 13.2. The molecule has 0 spiro atoms. The Hall–Kier alpha value is -1.88. The SMILES string of the molecule is O=C(C1=CCCC1)N1C[C@@H]2COC[C@]2(COc2ccccn2)C1. The first-order chi connectivity index (χ1) is 11.3. The molecular weight excluding hydrogens is 292 g/mol. The lowest BCUT2D eigenvalue weighted by Crippen LogP contribution is -2.38. The highest BCUT2D eigenvalue weighted by molar-refractivity contribution is 5.94. The molecule has 2 atom stereocenters. The van der Waals surface area contributed by atoms with E-state index in [-0.39, 0.29) is 11.3 Å². The van der Waals surface area contributed by atoms with Crippen LogP contribution in [0.5, 0.6) is 5.88 Å². The van der Waals surface area contributed by atoms with E-state index in [4.69, 9.17) is 9.47 Å². The molecule has 2 fully saturated rings. The van der Waals surface area contributed by atoms with Gasteiger partial charge in [-0.15, -0.1) is 0 Å². The van der Waals surface area contributed by atoms with E-state index >= 15 is 0 Å². The van der Waals surface area contributed by atoms with Crippen molar-refractivity contribution in [3.63, 3.8) is 0 Å². The minimum atomic E-state index is -0.0909. The van der Waals surface area contributed by atoms with Gasteiger partial charge in [0.1, 0.15) is 0 Å². The van der Waals surface area contributed by atoms with Crippen molar-refractivity contribution in [3.05, 3.63) is 36.0 Å². The van der Waals surface area contributed by atoms with E-state index in [1.165, 1.54) is 0 Å². The Bertz CT molecular complexity index is 616. The minimum Gasteiger partial charge on any atom is -0.477 e. The third kappa shape index (κ3) is 2.74. The fraction of sp³-hybridized carbons (Fsp3) is 0.556. The molecule has 0 N–H and O–H groups in total. The number of hydrogen-bond acceptors (Lipinski definition) is 4. The van der Waals surface area contributed by atoms with E-state index in [2.05, 4.69) is 11.1 Å². The number of pyridine rings is 1. The molecule has 5 nitrogen and oxygen atoms in total. The molecule has 5 heteroatoms. The number of allylic oxidation sites excluding steroid dienone is 1. The van der Waals surface area contributed by atoms with Gasteiger partial charge in [-0.3, -0.25) is 4.79 Å². The van der Waals surface area contributed by atoms with Crippen LogP contribution in [0.2, 0.25) is 0 Å². The summed E-state index contributed by atoms with van der Waals surface area (Å²) in [7, 11) is 0. The summed E-state index contributed by atoms with van der Waals surface area (Å²) < 4.78 is 11.6. The zero-order chi connectivity index (χ0) is 15.7. The van der Waals surface area contributed by atoms with Crippen LogP contribution >= 0.6 is 0 Å². The molecule has 0 unspecified atom stereocenters. The monoisotopic (exact) mass is 314 g/mol. The van der Waals surface area contributed by atoms with Gasteiger partial charge in [-0.25, -0.2) is 4.98 Å². The second-order valence-corrected chi connectivity index (χ2v) is 6.84. The maximum atomic E-state index is 12.7. The topological polar surface area (TPSA) is 51.7 Å². The largest absolute Gasteiger partial charge is 0.477 e. The van der Waals surface area contributed by atoms with Crippen LogP contribution in [0.3, 0.4) is 0 Å². The average Bonchev–Trinajstić information content (AvgIpc) is 3.29. The average molecular weight is 314 g/mol. The van der Waals surface area contributed by atoms with E-state index in [1.807, 2.05) is 23.1 Å². The molecule has 4 rings (SSSR count). The van der Waals surface area contributed by atoms with E-state index in [9.17, 15) is 4.79 Å². The second-order valence-electron chi connectivity index (χ2n) is 6.84. The number of amides is 1. The zero-order valence-electron chi connectivity index (χ0n) is 13.2. The molecule has 1 amide bonds. The third-order valence-corrected chi connectivity index (χ3v) is 5.27. The van der Waals surface area contributed by atoms with Crippen LogP contribution < -0.4 is 4.74 Å². The van der Waals surface area contributed by atoms with Crippen molar-refractivity contribution in [2.75, 3.05) is 32.9 Å². The van der Waals surface area contributed by atoms with Gasteiger partial charge < -0.3 is 14.4 Å². The van der Waals surface area contributed by atoms with Gasteiger partial charge >= 0.3 is 0 Å². The Labute approximate surface area is 136 Å². The Morgan fingerprint density at radius 3 is 3.22 bits per heavy atom. The van der Waals surface area contributed by atoms with Gasteiger partial charge in [0.25, 0.3) is 0 Å². The molecule has 0 saturated carbocycles. The minimum absolute atomic E-state index is 0.0909. The summed E-state index contributed by atoms with van der Waals surface area (Å²) in [5, 5.41) is 0. The molecule has 2 aliphatic heterocycles. The lowest BCUT2D eigenvalue weighted by atomic mass is 9.82. The van der Waals surface area contributed by atoms with Crippen molar-refractivity contribution in [2.45, 2.75) is 19.3 Å². The first-order valence-electron chi connectivity index (χ1n) is 8.37. The molecule has 1 aromatic heterocycles. The van der Waals surface area contributed by atoms with Crippen molar-refractivity contribution in [3.8, 4) is 5.88 Å². The van der Waals surface area contributed by atoms with Gasteiger partial charge in [0.05, 0.1) is 25.2 Å². The van der Waals surface area contributed by atoms with E-state index in [0.29, 0.717) is 31.6 Å². The summed E-state index contributed by atoms with van der Waals surface area (Å²) in [4.78, 5) is 18.9. The van der Waals surface area contributed by atoms with Gasteiger partial charge in [0.2, 0.25) is 11.8 Å². The molecular formula is C18H22N2O3. The molecule has 1 aliphatic carbocycles. The predicted octanol–water partition coefficient (Wildman–Crippen LogP) is 2.05. The van der Waals surface area contributed by atoms with Gasteiger partial charge in [-0.05, 0) is 25.3 Å². The highest BCUT2D eigenvalue weighted by Crippen LogP contribution is 2.42. The first-order valence-corrected chi connectivity index (χ1v) is 8.37. The van der Waals surface area contributed by atoms with Crippen molar-refractivity contribution < 1.29 is 14.3 Å². The lowest BCUT2D eigenvalue weighted by Gasteiger charge is -2.26. The van der Waals surface area contributed by atoms with Crippen LogP contribution in [0.1, 0.15) is 19.3 Å². The number of fused-ring (bicyclic) bond motifs is 1. The van der Waals surface area contributed by atoms with Gasteiger partial charge in [0, 0.05) is 36.8 Å². The van der Waals surface area contributed by atoms with Crippen molar-refractivity contribution in [1.29, 1.82) is 0 Å². The van der Waals surface area contributed by atoms with E-state index < -0.39 is 0 Å². The maximum Gasteiger partial charge on any atom is 0.249 e. The molecule has 1 aromatic rings. The number of aromatic nitrogens is 1. The summed E-state index contributed by atoms with van der Waals surface area (Å²) in [6, 6.07) is 5.65. The van der Waals surface area contributed by atoms with Crippen LogP contribution in [0, 0.1) is 11.3 Å². The number of carbonyl (C=O) groups is 1. The Morgan fingerprint density at radius 2 is 2.43 bits per heavy atom. The van der Waals surface area contributed by atoms with Crippen LogP contribution in [0.25, 0.3) is 0 Å². The first kappa shape index (κ1) is 14.7. The Morgan fingerprint density at radius 1 is 1.48 bits per heavy atom. The number of nitrogens with zero attached hydrogens (tertiary/aromatic N) is 2. The summed E-state index contributed by atoms with van der Waals surface area (Å²) in [5.74, 6) is 1.21. The number of ether oxygens (including phenoxy) is 2. The van der Waals surface area contributed by atoms with Gasteiger partial charge in [0.15, 0.2) is 0 Å². The summed E-state index contributed by atoms with van der Waals surface area (Å²) >= 11 is 0. The third-order valence-electron chi connectivity index (χ3n) is 5.27. The van der Waals surface area contributed by atoms with Crippen LogP contribution in [-0.2, 0) is 9.53 Å². The molecule has 23 heavy (non-hydrogen) atoms. The van der Waals surface area contributed by atoms with Crippen LogP contribution in [-0.4, -0.2) is 48.7 Å². The molecule has 0 aromatic carbocycles. The summed E-state index contributed by atoms with van der Waals surface area (Å²) in [6.07, 6.45) is 6.90. The fourth-order valence-electron chi connectivity index (χ4n) is 3.91. The number of carbonyl (C=O) groups excluding carboxylic acids is 1. The van der Waals surface area contributed by atoms with Gasteiger partial charge in [-0.1, -0.05) is 12.1 Å². The van der Waals surface area contributed by atoms with E-state index in [1.54, 1.807) is 6.20 Å². The molecule has 0 bridgehead atoms. The van der Waals surface area contributed by atoms with Gasteiger partial charge in [-0.2, -0.15) is 0 Å². The lowest BCUT2D eigenvalue weighted by molar-refractivity contribution is -0.127. The summed E-state index contributed by atoms with van der Waals surface area (Å²) in [5.41, 5.74) is 0.901. The normalized spacial score (nSPS) is 29.5. The molecule has 3 heterocycles. The van der Waals surface area contributed by atoms with Crippen molar-refractivity contribution >= 4 is 5.91 Å². The molecule has 0 radical (unpaired) electrons. The highest BCUT2D eigenvalue weighted by atomic mass is 16.5. The molecule has 2 saturated heterocycles. The Balaban J connectivity index is 1.45. The smallest absolute Gasteiger partial charge is 0.249 e. The predicted molar refractivity (Wildman–Crippen MR) is 85.0 cm³/mol. The highest BCUT2D eigenvalue weighted by Gasteiger charge is 2.52. The van der Waals surface area contributed by atoms with Crippen molar-refractivity contribution in [2.24, 2.45) is 11.3 Å². The van der Waals surface area contributed by atoms with E-state index in [0.717, 1.165) is 37.9 Å². The molecule has 3 aliphatic rings. The number of likely N-dealkylation sites (tertiary alicyclic amines) is 1. The van der Waals surface area contributed by atoms with Crippen LogP contribution in [0.4, 0.5) is 0 Å².